The van der Waals surface area contributed by atoms with E-state index >= 15 is 0 Å². The van der Waals surface area contributed by atoms with Gasteiger partial charge in [-0.15, -0.1) is 12.4 Å². The Kier molecular flexibility index (Phi) is 4.62. The van der Waals surface area contributed by atoms with Crippen LogP contribution in [0.1, 0.15) is 0 Å². The lowest BCUT2D eigenvalue weighted by Gasteiger charge is -2.05. The van der Waals surface area contributed by atoms with Crippen LogP contribution in [-0.4, -0.2) is 24.3 Å². The molecule has 1 rings (SSSR count). The maximum atomic E-state index is 8.77. The monoisotopic (exact) mass is 203 g/mol. The normalized spacial score (nSPS) is 8.85. The molecule has 6 heteroatoms. The highest BCUT2D eigenvalue weighted by Gasteiger charge is 2.11. The number of halogens is 1. The van der Waals surface area contributed by atoms with Crippen LogP contribution in [0.4, 0.5) is 5.69 Å². The first-order valence-corrected chi connectivity index (χ1v) is 3.44. The van der Waals surface area contributed by atoms with E-state index in [1.54, 1.807) is 12.1 Å². The van der Waals surface area contributed by atoms with Gasteiger partial charge in [-0.1, -0.05) is 6.07 Å². The first-order chi connectivity index (χ1) is 5.65. The van der Waals surface area contributed by atoms with Crippen LogP contribution in [0.25, 0.3) is 0 Å². The van der Waals surface area contributed by atoms with Crippen LogP contribution in [0.3, 0.4) is 0 Å². The summed E-state index contributed by atoms with van der Waals surface area (Å²) in [5.41, 5.74) is 6.27. The van der Waals surface area contributed by atoms with Gasteiger partial charge in [-0.25, -0.2) is 0 Å². The van der Waals surface area contributed by atoms with Gasteiger partial charge in [-0.2, -0.15) is 0 Å². The first-order valence-electron chi connectivity index (χ1n) is 3.44. The van der Waals surface area contributed by atoms with Crippen molar-refractivity contribution < 1.29 is 14.8 Å². The molecule has 1 aromatic carbocycles. The lowest BCUT2D eigenvalue weighted by molar-refractivity contribution is 0.416. The molecule has 0 spiro atoms. The van der Waals surface area contributed by atoms with E-state index in [1.807, 2.05) is 0 Å². The van der Waals surface area contributed by atoms with Crippen LogP contribution in [0.15, 0.2) is 18.2 Å². The average Bonchev–Trinajstić information content (AvgIpc) is 2.04. The van der Waals surface area contributed by atoms with E-state index in [9.17, 15) is 0 Å². The van der Waals surface area contributed by atoms with E-state index in [2.05, 4.69) is 0 Å². The van der Waals surface area contributed by atoms with E-state index in [-0.39, 0.29) is 12.4 Å². The zero-order valence-electron chi connectivity index (χ0n) is 7.10. The summed E-state index contributed by atoms with van der Waals surface area (Å²) in [6, 6.07) is 4.59. The van der Waals surface area contributed by atoms with Gasteiger partial charge in [0.25, 0.3) is 0 Å². The maximum Gasteiger partial charge on any atom is 0.488 e. The number of benzene rings is 1. The lowest BCUT2D eigenvalue weighted by Crippen LogP contribution is -2.29. The third kappa shape index (κ3) is 2.80. The minimum atomic E-state index is -1.49. The maximum absolute atomic E-state index is 8.77. The minimum absolute atomic E-state index is 0. The van der Waals surface area contributed by atoms with Crippen molar-refractivity contribution >= 4 is 30.7 Å². The highest BCUT2D eigenvalue weighted by molar-refractivity contribution is 6.58. The summed E-state index contributed by atoms with van der Waals surface area (Å²) in [4.78, 5) is 0. The van der Waals surface area contributed by atoms with Crippen LogP contribution in [0.2, 0.25) is 0 Å². The summed E-state index contributed by atoms with van der Waals surface area (Å²) in [6.45, 7) is 0. The highest BCUT2D eigenvalue weighted by atomic mass is 35.5. The van der Waals surface area contributed by atoms with Crippen molar-refractivity contribution in [2.45, 2.75) is 0 Å². The Balaban J connectivity index is 0.00000144. The second-order valence-electron chi connectivity index (χ2n) is 2.38. The van der Waals surface area contributed by atoms with Crippen molar-refractivity contribution in [3.8, 4) is 5.75 Å². The quantitative estimate of drug-likeness (QED) is 0.442. The van der Waals surface area contributed by atoms with Crippen LogP contribution in [-0.2, 0) is 0 Å². The molecule has 0 saturated heterocycles. The van der Waals surface area contributed by atoms with Gasteiger partial charge in [0.1, 0.15) is 5.75 Å². The fourth-order valence-corrected chi connectivity index (χ4v) is 0.913. The molecule has 0 radical (unpaired) electrons. The van der Waals surface area contributed by atoms with Crippen molar-refractivity contribution in [3.63, 3.8) is 0 Å². The van der Waals surface area contributed by atoms with E-state index in [1.165, 1.54) is 13.2 Å². The Labute approximate surface area is 82.9 Å². The Hall–Kier alpha value is -0.905. The van der Waals surface area contributed by atoms with Crippen molar-refractivity contribution in [1.82, 2.24) is 0 Å². The molecule has 0 aliphatic heterocycles. The van der Waals surface area contributed by atoms with Crippen LogP contribution < -0.4 is 15.9 Å². The summed E-state index contributed by atoms with van der Waals surface area (Å²) < 4.78 is 4.89. The standard InChI is InChI=1S/C7H10BNO3.ClH/c1-12-7-3-2-5(8(10)11)4-6(7)9;/h2-4,10-11H,9H2,1H3;1H. The van der Waals surface area contributed by atoms with Gasteiger partial charge in [0, 0.05) is 0 Å². The number of nitrogens with two attached hydrogens (primary N) is 1. The van der Waals surface area contributed by atoms with E-state index in [0.29, 0.717) is 16.9 Å². The third-order valence-corrected chi connectivity index (χ3v) is 1.55. The van der Waals surface area contributed by atoms with Crippen LogP contribution >= 0.6 is 12.4 Å². The SMILES string of the molecule is COc1ccc(B(O)O)cc1N.Cl. The van der Waals surface area contributed by atoms with Crippen LogP contribution in [0.5, 0.6) is 5.75 Å². The molecule has 0 bridgehead atoms. The van der Waals surface area contributed by atoms with Gasteiger partial charge in [0.05, 0.1) is 12.8 Å². The molecular weight excluding hydrogens is 192 g/mol. The molecule has 0 fully saturated rings. The molecule has 1 aromatic rings. The Bertz CT molecular complexity index is 282. The predicted octanol–water partition coefficient (Wildman–Crippen LogP) is -0.621. The summed E-state index contributed by atoms with van der Waals surface area (Å²) in [5.74, 6) is 0.527. The number of anilines is 1. The van der Waals surface area contributed by atoms with Crippen molar-refractivity contribution in [2.75, 3.05) is 12.8 Å². The Morgan fingerprint density at radius 3 is 2.38 bits per heavy atom. The largest absolute Gasteiger partial charge is 0.495 e. The Morgan fingerprint density at radius 1 is 1.38 bits per heavy atom. The second kappa shape index (κ2) is 4.96. The van der Waals surface area contributed by atoms with Gasteiger partial charge in [0.15, 0.2) is 0 Å². The smallest absolute Gasteiger partial charge is 0.488 e. The summed E-state index contributed by atoms with van der Waals surface area (Å²) >= 11 is 0. The molecule has 0 heterocycles. The molecule has 4 N–H and O–H groups in total. The van der Waals surface area contributed by atoms with E-state index in [0.717, 1.165) is 0 Å². The van der Waals surface area contributed by atoms with Gasteiger partial charge in [-0.3, -0.25) is 0 Å². The molecule has 0 saturated carbocycles. The molecular formula is C7H11BClNO3. The minimum Gasteiger partial charge on any atom is -0.495 e. The molecule has 0 aliphatic rings. The lowest BCUT2D eigenvalue weighted by atomic mass is 9.80. The van der Waals surface area contributed by atoms with Crippen molar-refractivity contribution in [3.05, 3.63) is 18.2 Å². The van der Waals surface area contributed by atoms with E-state index in [4.69, 9.17) is 20.5 Å². The fourth-order valence-electron chi connectivity index (χ4n) is 0.913. The van der Waals surface area contributed by atoms with Crippen molar-refractivity contribution in [1.29, 1.82) is 0 Å². The molecule has 72 valence electrons. The molecule has 0 atom stereocenters. The number of methoxy groups -OCH3 is 1. The third-order valence-electron chi connectivity index (χ3n) is 1.55. The molecule has 13 heavy (non-hydrogen) atoms. The van der Waals surface area contributed by atoms with Gasteiger partial charge in [-0.05, 0) is 17.6 Å². The first kappa shape index (κ1) is 12.1. The molecule has 0 aliphatic carbocycles. The predicted molar refractivity (Wildman–Crippen MR) is 54.5 cm³/mol. The zero-order valence-corrected chi connectivity index (χ0v) is 7.91. The molecule has 0 amide bonds. The zero-order chi connectivity index (χ0) is 9.14. The highest BCUT2D eigenvalue weighted by Crippen LogP contribution is 2.17. The van der Waals surface area contributed by atoms with E-state index < -0.39 is 7.12 Å². The fraction of sp³-hybridized carbons (Fsp3) is 0.143. The summed E-state index contributed by atoms with van der Waals surface area (Å²) in [7, 11) is 0.0130. The summed E-state index contributed by atoms with van der Waals surface area (Å²) in [6.07, 6.45) is 0. The second-order valence-corrected chi connectivity index (χ2v) is 2.38. The number of ether oxygens (including phenoxy) is 1. The number of rotatable bonds is 2. The number of hydrogen-bond donors (Lipinski definition) is 3. The molecule has 0 unspecified atom stereocenters. The average molecular weight is 203 g/mol. The van der Waals surface area contributed by atoms with Gasteiger partial charge >= 0.3 is 7.12 Å². The van der Waals surface area contributed by atoms with Crippen LogP contribution in [0, 0.1) is 0 Å². The Morgan fingerprint density at radius 2 is 2.00 bits per heavy atom. The van der Waals surface area contributed by atoms with Crippen molar-refractivity contribution in [2.24, 2.45) is 0 Å². The number of nitrogen functional groups attached to an aromatic ring is 1. The topological polar surface area (TPSA) is 75.7 Å². The number of hydrogen-bond acceptors (Lipinski definition) is 4. The molecule has 4 nitrogen and oxygen atoms in total. The molecule has 0 aromatic heterocycles. The summed E-state index contributed by atoms with van der Waals surface area (Å²) in [5, 5.41) is 17.5. The van der Waals surface area contributed by atoms with Gasteiger partial charge in [0.2, 0.25) is 0 Å². The van der Waals surface area contributed by atoms with Gasteiger partial charge < -0.3 is 20.5 Å².